The number of carbonyl (C=O) groups excluding carboxylic acids is 3. The zero-order valence-corrected chi connectivity index (χ0v) is 37.0. The lowest BCUT2D eigenvalue weighted by atomic mass is 9.87. The smallest absolute Gasteiger partial charge is 0.249 e. The van der Waals surface area contributed by atoms with Gasteiger partial charge in [0.25, 0.3) is 0 Å². The van der Waals surface area contributed by atoms with Crippen molar-refractivity contribution < 1.29 is 29.0 Å². The van der Waals surface area contributed by atoms with Crippen LogP contribution in [-0.4, -0.2) is 108 Å². The first-order chi connectivity index (χ1) is 32.5. The summed E-state index contributed by atoms with van der Waals surface area (Å²) in [5.41, 5.74) is 5.44. The van der Waals surface area contributed by atoms with E-state index < -0.39 is 23.4 Å². The number of phenolic OH excluding ortho intramolecular Hbond substituents is 1. The number of anilines is 3. The summed E-state index contributed by atoms with van der Waals surface area (Å²) in [6.07, 6.45) is 13.7. The van der Waals surface area contributed by atoms with Gasteiger partial charge in [-0.3, -0.25) is 24.4 Å². The number of hydrogen-bond acceptors (Lipinski definition) is 12. The number of nitrogens with zero attached hydrogens (tertiary/aromatic N) is 9. The number of fused-ring (bicyclic) bond motifs is 1. The third kappa shape index (κ3) is 9.13. The van der Waals surface area contributed by atoms with Crippen LogP contribution in [0.1, 0.15) is 80.9 Å². The molecule has 4 aromatic heterocycles. The van der Waals surface area contributed by atoms with Gasteiger partial charge in [-0.05, 0) is 105 Å². The quantitative estimate of drug-likeness (QED) is 0.115. The number of nitrogens with one attached hydrogen (secondary N) is 2. The molecule has 1 unspecified atom stereocenters. The second-order valence-corrected chi connectivity index (χ2v) is 18.4. The Morgan fingerprint density at radius 3 is 2.39 bits per heavy atom. The number of halogens is 1. The van der Waals surface area contributed by atoms with Crippen LogP contribution in [0.3, 0.4) is 0 Å². The van der Waals surface area contributed by atoms with Crippen LogP contribution in [0.5, 0.6) is 5.75 Å². The summed E-state index contributed by atoms with van der Waals surface area (Å²) >= 11 is 0. The van der Waals surface area contributed by atoms with Crippen LogP contribution in [-0.2, 0) is 14.4 Å². The molecule has 2 aromatic carbocycles. The summed E-state index contributed by atoms with van der Waals surface area (Å²) in [7, 11) is 0. The van der Waals surface area contributed by atoms with Crippen molar-refractivity contribution in [1.82, 2.24) is 34.6 Å². The molecule has 0 saturated carbocycles. The number of likely N-dealkylation sites (tertiary alicyclic amines) is 1. The fraction of sp³-hybridized carbons (Fsp3) is 0.380. The Bertz CT molecular complexity index is 2870. The zero-order valence-electron chi connectivity index (χ0n) is 37.0. The number of pyridine rings is 2. The molecule has 0 radical (unpaired) electrons. The monoisotopic (exact) mass is 905 g/mol. The van der Waals surface area contributed by atoms with Crippen molar-refractivity contribution in [3.05, 3.63) is 109 Å². The molecule has 3 amide bonds. The van der Waals surface area contributed by atoms with Gasteiger partial charge in [0.05, 0.1) is 47.2 Å². The molecule has 4 aliphatic heterocycles. The van der Waals surface area contributed by atoms with E-state index in [4.69, 9.17) is 10.1 Å². The van der Waals surface area contributed by atoms with E-state index in [0.717, 1.165) is 59.6 Å². The van der Waals surface area contributed by atoms with E-state index in [-0.39, 0.29) is 30.7 Å². The first-order valence-corrected chi connectivity index (χ1v) is 23.1. The molecule has 1 atom stereocenters. The molecule has 4 saturated heterocycles. The molecule has 4 N–H and O–H groups in total. The molecule has 16 nitrogen and oxygen atoms in total. The lowest BCUT2D eigenvalue weighted by Crippen LogP contribution is -2.49. The van der Waals surface area contributed by atoms with E-state index in [1.54, 1.807) is 28.9 Å². The predicted molar refractivity (Wildman–Crippen MR) is 249 cm³/mol. The van der Waals surface area contributed by atoms with Crippen molar-refractivity contribution in [2.75, 3.05) is 54.4 Å². The number of aliphatic hydroxyl groups is 1. The number of aromatic nitrogens is 5. The molecule has 0 bridgehead atoms. The highest BCUT2D eigenvalue weighted by atomic mass is 19.1. The second kappa shape index (κ2) is 18.2. The SMILES string of the molecule is N#Cc1cnn2cc(-c3cnn(C4CCN(C(=O)CC5(O)CCN(c6ccc(NC7CCC(=O)NC7=O)cc6F)CC5)CC4)c3)cc(-c3ccc(N4CCC(c5cccc(O)c5)CC4)nc3)c12. The van der Waals surface area contributed by atoms with Gasteiger partial charge in [-0.25, -0.2) is 13.9 Å². The van der Waals surface area contributed by atoms with Gasteiger partial charge in [-0.1, -0.05) is 12.1 Å². The van der Waals surface area contributed by atoms with Crippen molar-refractivity contribution in [2.45, 2.75) is 81.4 Å². The number of piperidine rings is 4. The Morgan fingerprint density at radius 1 is 0.866 bits per heavy atom. The van der Waals surface area contributed by atoms with E-state index in [1.807, 2.05) is 63.5 Å². The van der Waals surface area contributed by atoms with Gasteiger partial charge >= 0.3 is 0 Å². The molecule has 17 heteroatoms. The minimum absolute atomic E-state index is 0.00108. The normalized spacial score (nSPS) is 19.4. The summed E-state index contributed by atoms with van der Waals surface area (Å²) in [6, 6.07) is 20.1. The van der Waals surface area contributed by atoms with Crippen molar-refractivity contribution >= 4 is 40.4 Å². The molecular weight excluding hydrogens is 854 g/mol. The van der Waals surface area contributed by atoms with Crippen LogP contribution < -0.4 is 20.4 Å². The van der Waals surface area contributed by atoms with Crippen molar-refractivity contribution in [1.29, 1.82) is 5.26 Å². The Hall–Kier alpha value is -7.32. The van der Waals surface area contributed by atoms with Crippen molar-refractivity contribution in [3.8, 4) is 34.1 Å². The van der Waals surface area contributed by atoms with E-state index in [2.05, 4.69) is 38.8 Å². The van der Waals surface area contributed by atoms with Crippen LogP contribution in [0.15, 0.2) is 91.6 Å². The van der Waals surface area contributed by atoms with E-state index in [0.29, 0.717) is 92.4 Å². The highest BCUT2D eigenvalue weighted by Crippen LogP contribution is 2.37. The topological polar surface area (TPSA) is 197 Å². The number of imide groups is 1. The summed E-state index contributed by atoms with van der Waals surface area (Å²) in [5, 5.41) is 46.1. The number of amides is 3. The summed E-state index contributed by atoms with van der Waals surface area (Å²) in [6.45, 7) is 3.54. The summed E-state index contributed by atoms with van der Waals surface area (Å²) in [5.74, 6) is 0.279. The Kier molecular flexibility index (Phi) is 11.8. The van der Waals surface area contributed by atoms with E-state index in [1.165, 1.54) is 6.07 Å². The highest BCUT2D eigenvalue weighted by Gasteiger charge is 2.37. The standard InChI is InChI=1S/C50H52FN11O5/c51-42-24-38(56-43-6-9-46(64)57-49(43)66)5-7-44(42)58-20-14-50(67,15-21-58)25-47(65)60-18-12-39(13-19-60)61-31-37(29-54-61)35-23-41(48-36(26-52)28-55-62(48)30-35)34-4-8-45(53-27-34)59-16-10-32(11-17-59)33-2-1-3-40(63)22-33/h1-5,7-8,22-24,27-32,39,43,56,63,67H,6,9-21,25H2,(H,57,64,66). The van der Waals surface area contributed by atoms with Crippen LogP contribution in [0.2, 0.25) is 0 Å². The maximum atomic E-state index is 15.3. The Labute approximate surface area is 386 Å². The maximum Gasteiger partial charge on any atom is 0.249 e. The molecule has 344 valence electrons. The third-order valence-corrected chi connectivity index (χ3v) is 14.1. The molecule has 8 heterocycles. The molecule has 4 aliphatic rings. The minimum Gasteiger partial charge on any atom is -0.508 e. The van der Waals surface area contributed by atoms with Gasteiger partial charge in [-0.15, -0.1) is 0 Å². The number of rotatable bonds is 10. The van der Waals surface area contributed by atoms with Gasteiger partial charge in [0, 0.05) is 92.2 Å². The average molecular weight is 906 g/mol. The zero-order chi connectivity index (χ0) is 46.2. The summed E-state index contributed by atoms with van der Waals surface area (Å²) in [4.78, 5) is 48.1. The first-order valence-electron chi connectivity index (χ1n) is 23.1. The van der Waals surface area contributed by atoms with Gasteiger partial charge < -0.3 is 30.2 Å². The Morgan fingerprint density at radius 2 is 1.67 bits per heavy atom. The number of nitriles is 1. The summed E-state index contributed by atoms with van der Waals surface area (Å²) < 4.78 is 19.0. The predicted octanol–water partition coefficient (Wildman–Crippen LogP) is 6.16. The average Bonchev–Trinajstić information content (AvgIpc) is 4.01. The number of carbonyl (C=O) groups is 3. The molecule has 10 rings (SSSR count). The number of hydrogen-bond donors (Lipinski definition) is 4. The molecular formula is C50H52FN11O5. The van der Waals surface area contributed by atoms with Gasteiger partial charge in [0.2, 0.25) is 17.7 Å². The number of benzene rings is 2. The minimum atomic E-state index is -1.20. The molecule has 67 heavy (non-hydrogen) atoms. The van der Waals surface area contributed by atoms with Crippen LogP contribution >= 0.6 is 0 Å². The van der Waals surface area contributed by atoms with Crippen molar-refractivity contribution in [3.63, 3.8) is 0 Å². The van der Waals surface area contributed by atoms with Crippen LogP contribution in [0.25, 0.3) is 27.8 Å². The fourth-order valence-electron chi connectivity index (χ4n) is 10.2. The molecule has 0 spiro atoms. The third-order valence-electron chi connectivity index (χ3n) is 14.1. The van der Waals surface area contributed by atoms with Gasteiger partial charge in [0.15, 0.2) is 0 Å². The Balaban J connectivity index is 0.742. The van der Waals surface area contributed by atoms with Gasteiger partial charge in [-0.2, -0.15) is 15.5 Å². The van der Waals surface area contributed by atoms with E-state index >= 15 is 4.39 Å². The largest absolute Gasteiger partial charge is 0.508 e. The fourth-order valence-corrected chi connectivity index (χ4v) is 10.2. The van der Waals surface area contributed by atoms with Gasteiger partial charge in [0.1, 0.15) is 29.5 Å². The van der Waals surface area contributed by atoms with Crippen LogP contribution in [0, 0.1) is 17.1 Å². The lowest BCUT2D eigenvalue weighted by molar-refractivity contribution is -0.139. The number of phenols is 1. The molecule has 0 aliphatic carbocycles. The number of aromatic hydroxyl groups is 1. The molecule has 6 aromatic rings. The lowest BCUT2D eigenvalue weighted by Gasteiger charge is -2.40. The first kappa shape index (κ1) is 43.6. The molecule has 4 fully saturated rings. The highest BCUT2D eigenvalue weighted by molar-refractivity contribution is 6.01. The maximum absolute atomic E-state index is 15.3. The van der Waals surface area contributed by atoms with E-state index in [9.17, 15) is 29.9 Å². The van der Waals surface area contributed by atoms with Crippen molar-refractivity contribution in [2.24, 2.45) is 0 Å². The van der Waals surface area contributed by atoms with Crippen LogP contribution in [0.4, 0.5) is 21.6 Å². The second-order valence-electron chi connectivity index (χ2n) is 18.4.